The van der Waals surface area contributed by atoms with Crippen molar-refractivity contribution >= 4 is 17.4 Å². The van der Waals surface area contributed by atoms with Crippen LogP contribution in [0.2, 0.25) is 0 Å². The fourth-order valence-corrected chi connectivity index (χ4v) is 3.37. The number of anilines is 1. The number of aliphatic hydroxyl groups is 2. The zero-order valence-electron chi connectivity index (χ0n) is 10.4. The van der Waals surface area contributed by atoms with Crippen molar-refractivity contribution in [2.75, 3.05) is 5.73 Å². The molecule has 0 radical (unpaired) electrons. The minimum atomic E-state index is -1.94. The Hall–Kier alpha value is -1.22. The lowest BCUT2D eigenvalue weighted by Crippen LogP contribution is -2.37. The third kappa shape index (κ3) is 1.34. The normalized spacial score (nSPS) is 44.1. The molecule has 6 atom stereocenters. The average Bonchev–Trinajstić information content (AvgIpc) is 2.73. The third-order valence-electron chi connectivity index (χ3n) is 4.07. The number of aliphatic hydroxyl groups excluding tert-OH is 1. The molecule has 0 spiro atoms. The van der Waals surface area contributed by atoms with Crippen LogP contribution in [0, 0.1) is 0 Å². The number of halogens is 2. The molecule has 2 heterocycles. The van der Waals surface area contributed by atoms with Crippen molar-refractivity contribution in [3.05, 3.63) is 22.7 Å². The second kappa shape index (κ2) is 3.91. The molecule has 2 aliphatic rings. The molecule has 0 bridgehead atoms. The van der Waals surface area contributed by atoms with Crippen LogP contribution in [0.1, 0.15) is 13.2 Å². The van der Waals surface area contributed by atoms with Gasteiger partial charge in [-0.2, -0.15) is 4.98 Å². The zero-order valence-corrected chi connectivity index (χ0v) is 11.2. The number of aromatic nitrogens is 2. The molecule has 110 valence electrons. The molecule has 1 aromatic heterocycles. The maximum Gasteiger partial charge on any atom is 0.351 e. The molecule has 2 fully saturated rings. The molecule has 7 nitrogen and oxygen atoms in total. The third-order valence-corrected chi connectivity index (χ3v) is 4.62. The lowest BCUT2D eigenvalue weighted by molar-refractivity contribution is -0.0965. The highest BCUT2D eigenvalue weighted by Crippen LogP contribution is 2.66. The van der Waals surface area contributed by atoms with E-state index in [0.29, 0.717) is 0 Å². The first-order chi connectivity index (χ1) is 9.26. The van der Waals surface area contributed by atoms with E-state index in [2.05, 4.69) is 4.98 Å². The van der Waals surface area contributed by atoms with Crippen LogP contribution in [0.15, 0.2) is 17.1 Å². The van der Waals surface area contributed by atoms with Gasteiger partial charge in [0.15, 0.2) is 11.8 Å². The maximum absolute atomic E-state index is 13.7. The van der Waals surface area contributed by atoms with Crippen molar-refractivity contribution in [1.82, 2.24) is 9.55 Å². The Morgan fingerprint density at radius 3 is 2.85 bits per heavy atom. The van der Waals surface area contributed by atoms with Gasteiger partial charge in [-0.25, -0.2) is 9.18 Å². The summed E-state index contributed by atoms with van der Waals surface area (Å²) in [5.74, 6) is 0.0212. The second-order valence-electron chi connectivity index (χ2n) is 5.09. The minimum absolute atomic E-state index is 0.0212. The van der Waals surface area contributed by atoms with Crippen LogP contribution < -0.4 is 11.4 Å². The topological polar surface area (TPSA) is 111 Å². The highest BCUT2D eigenvalue weighted by molar-refractivity contribution is 6.22. The van der Waals surface area contributed by atoms with Gasteiger partial charge in [-0.05, 0) is 13.0 Å². The van der Waals surface area contributed by atoms with Crippen LogP contribution in [0.25, 0.3) is 0 Å². The van der Waals surface area contributed by atoms with Gasteiger partial charge in [0.1, 0.15) is 29.1 Å². The monoisotopic (exact) mass is 305 g/mol. The summed E-state index contributed by atoms with van der Waals surface area (Å²) < 4.78 is 20.1. The van der Waals surface area contributed by atoms with Gasteiger partial charge in [-0.15, -0.1) is 11.6 Å². The molecular weight excluding hydrogens is 293 g/mol. The van der Waals surface area contributed by atoms with Gasteiger partial charge < -0.3 is 20.7 Å². The summed E-state index contributed by atoms with van der Waals surface area (Å²) >= 11 is 6.07. The van der Waals surface area contributed by atoms with Crippen molar-refractivity contribution in [2.24, 2.45) is 0 Å². The van der Waals surface area contributed by atoms with Crippen LogP contribution in [-0.2, 0) is 4.74 Å². The Balaban J connectivity index is 2.02. The van der Waals surface area contributed by atoms with Crippen LogP contribution >= 0.6 is 11.6 Å². The first kappa shape index (κ1) is 13.7. The number of hydrogen-bond acceptors (Lipinski definition) is 6. The highest BCUT2D eigenvalue weighted by Gasteiger charge is 2.89. The van der Waals surface area contributed by atoms with Crippen molar-refractivity contribution < 1.29 is 19.3 Å². The fourth-order valence-electron chi connectivity index (χ4n) is 2.91. The summed E-state index contributed by atoms with van der Waals surface area (Å²) in [6.07, 6.45) is -2.94. The van der Waals surface area contributed by atoms with Crippen LogP contribution in [0.5, 0.6) is 0 Å². The molecular formula is C11H13ClFN3O4. The minimum Gasteiger partial charge on any atom is -0.387 e. The van der Waals surface area contributed by atoms with Gasteiger partial charge in [0, 0.05) is 6.20 Å². The van der Waals surface area contributed by atoms with Gasteiger partial charge in [0.05, 0.1) is 0 Å². The number of nitrogens with two attached hydrogens (primary N) is 1. The SMILES string of the molecule is CC(F)[C@]12O[C@@H](n3ccc(N)nc3=O)[C@H](Cl)[C@@]1(O)C2O. The summed E-state index contributed by atoms with van der Waals surface area (Å²) in [6, 6.07) is 1.35. The molecule has 4 N–H and O–H groups in total. The smallest absolute Gasteiger partial charge is 0.351 e. The lowest BCUT2D eigenvalue weighted by Gasteiger charge is -2.23. The summed E-state index contributed by atoms with van der Waals surface area (Å²) in [7, 11) is 0. The Morgan fingerprint density at radius 1 is 1.70 bits per heavy atom. The van der Waals surface area contributed by atoms with Gasteiger partial charge >= 0.3 is 5.69 Å². The van der Waals surface area contributed by atoms with Gasteiger partial charge in [0.25, 0.3) is 0 Å². The first-order valence-electron chi connectivity index (χ1n) is 5.98. The van der Waals surface area contributed by atoms with E-state index >= 15 is 0 Å². The Morgan fingerprint density at radius 2 is 2.35 bits per heavy atom. The quantitative estimate of drug-likeness (QED) is 0.615. The molecule has 1 aliphatic heterocycles. The fraction of sp³-hybridized carbons (Fsp3) is 0.636. The van der Waals surface area contributed by atoms with E-state index in [1.165, 1.54) is 12.3 Å². The molecule has 20 heavy (non-hydrogen) atoms. The van der Waals surface area contributed by atoms with E-state index in [4.69, 9.17) is 22.1 Å². The number of rotatable bonds is 2. The van der Waals surface area contributed by atoms with Gasteiger partial charge in [-0.3, -0.25) is 4.57 Å². The second-order valence-corrected chi connectivity index (χ2v) is 5.56. The number of nitrogens with zero attached hydrogens (tertiary/aromatic N) is 2. The van der Waals surface area contributed by atoms with E-state index in [-0.39, 0.29) is 5.82 Å². The van der Waals surface area contributed by atoms with Crippen LogP contribution in [0.4, 0.5) is 10.2 Å². The van der Waals surface area contributed by atoms with E-state index < -0.39 is 40.8 Å². The van der Waals surface area contributed by atoms with E-state index in [1.807, 2.05) is 0 Å². The molecule has 1 aliphatic carbocycles. The maximum atomic E-state index is 13.7. The standard InChI is InChI=1S/C11H13ClFN3O4/c1-4(13)11-8(17)10(11,19)6(12)7(20-11)16-3-2-5(14)15-9(16)18/h2-4,6-8,17,19H,1H3,(H2,14,15,18)/t4?,6-,7+,8?,10+,11+/m0/s1. The van der Waals surface area contributed by atoms with E-state index in [9.17, 15) is 19.4 Å². The van der Waals surface area contributed by atoms with Crippen molar-refractivity contribution in [2.45, 2.75) is 42.0 Å². The number of fused-ring (bicyclic) bond motifs is 1. The zero-order chi connectivity index (χ0) is 14.9. The predicted octanol–water partition coefficient (Wildman–Crippen LogP) is -0.836. The lowest BCUT2D eigenvalue weighted by atomic mass is 10.1. The summed E-state index contributed by atoms with van der Waals surface area (Å²) in [4.78, 5) is 15.3. The largest absolute Gasteiger partial charge is 0.387 e. The molecule has 9 heteroatoms. The van der Waals surface area contributed by atoms with Gasteiger partial charge in [0.2, 0.25) is 0 Å². The van der Waals surface area contributed by atoms with E-state index in [0.717, 1.165) is 11.5 Å². The average molecular weight is 306 g/mol. The number of alkyl halides is 2. The number of ether oxygens (including phenoxy) is 1. The van der Waals surface area contributed by atoms with Crippen molar-refractivity contribution in [1.29, 1.82) is 0 Å². The number of hydrogen-bond donors (Lipinski definition) is 3. The van der Waals surface area contributed by atoms with Crippen LogP contribution in [0.3, 0.4) is 0 Å². The van der Waals surface area contributed by atoms with Gasteiger partial charge in [-0.1, -0.05) is 0 Å². The van der Waals surface area contributed by atoms with Crippen molar-refractivity contribution in [3.63, 3.8) is 0 Å². The molecule has 1 saturated carbocycles. The molecule has 1 saturated heterocycles. The Kier molecular flexibility index (Phi) is 2.69. The molecule has 1 aromatic rings. The summed E-state index contributed by atoms with van der Waals surface area (Å²) in [5.41, 5.74) is 0.886. The molecule has 0 amide bonds. The van der Waals surface area contributed by atoms with Crippen molar-refractivity contribution in [3.8, 4) is 0 Å². The summed E-state index contributed by atoms with van der Waals surface area (Å²) in [6.45, 7) is 1.15. The molecule has 3 rings (SSSR count). The Bertz CT molecular complexity index is 626. The molecule has 2 unspecified atom stereocenters. The highest BCUT2D eigenvalue weighted by atomic mass is 35.5. The molecule has 0 aromatic carbocycles. The Labute approximate surface area is 117 Å². The summed E-state index contributed by atoms with van der Waals surface area (Å²) in [5, 5.41) is 18.9. The van der Waals surface area contributed by atoms with E-state index in [1.54, 1.807) is 0 Å². The number of nitrogen functional groups attached to an aromatic ring is 1. The van der Waals surface area contributed by atoms with Crippen LogP contribution in [-0.4, -0.2) is 48.6 Å². The predicted molar refractivity (Wildman–Crippen MR) is 66.9 cm³/mol. The first-order valence-corrected chi connectivity index (χ1v) is 6.41.